The lowest BCUT2D eigenvalue weighted by Crippen LogP contribution is -2.44. The normalized spacial score (nSPS) is 18.4. The summed E-state index contributed by atoms with van der Waals surface area (Å²) in [7, 11) is -2.21. The van der Waals surface area contributed by atoms with Gasteiger partial charge >= 0.3 is 0 Å². The topological polar surface area (TPSA) is 98.6 Å². The van der Waals surface area contributed by atoms with Crippen LogP contribution in [0.15, 0.2) is 42.5 Å². The molecule has 1 atom stereocenters. The van der Waals surface area contributed by atoms with Crippen molar-refractivity contribution >= 4 is 15.9 Å². The van der Waals surface area contributed by atoms with Crippen molar-refractivity contribution in [1.29, 1.82) is 0 Å². The molecule has 4 N–H and O–H groups in total. The van der Waals surface area contributed by atoms with Gasteiger partial charge in [0.2, 0.25) is 0 Å². The first kappa shape index (κ1) is 15.8. The van der Waals surface area contributed by atoms with Crippen LogP contribution in [-0.2, 0) is 16.6 Å². The molecule has 0 aliphatic carbocycles. The van der Waals surface area contributed by atoms with Crippen LogP contribution < -0.4 is 15.6 Å². The van der Waals surface area contributed by atoms with Crippen LogP contribution in [0, 0.1) is 0 Å². The lowest BCUT2D eigenvalue weighted by Gasteiger charge is -2.35. The first-order chi connectivity index (χ1) is 10.9. The Morgan fingerprint density at radius 1 is 1.17 bits per heavy atom. The van der Waals surface area contributed by atoms with E-state index in [4.69, 9.17) is 15.6 Å². The molecule has 0 saturated heterocycles. The minimum Gasteiger partial charge on any atom is -0.497 e. The maximum absolute atomic E-state index is 12.0. The molecule has 3 rings (SSSR count). The molecule has 2 aromatic carbocycles. The average Bonchev–Trinajstić information content (AvgIpc) is 2.53. The zero-order valence-electron chi connectivity index (χ0n) is 12.8. The summed E-state index contributed by atoms with van der Waals surface area (Å²) in [5.74, 6) is 0.754. The van der Waals surface area contributed by atoms with Crippen LogP contribution in [-0.4, -0.2) is 26.4 Å². The fourth-order valence-electron chi connectivity index (χ4n) is 3.01. The molecule has 0 fully saturated rings. The maximum atomic E-state index is 12.0. The fraction of sp³-hybridized carbons (Fsp3) is 0.250. The number of methoxy groups -OCH3 is 1. The van der Waals surface area contributed by atoms with Crippen molar-refractivity contribution < 1.29 is 13.2 Å². The Hall–Kier alpha value is -2.09. The maximum Gasteiger partial charge on any atom is 0.277 e. The molecular weight excluding hydrogens is 314 g/mol. The fourth-order valence-corrected chi connectivity index (χ4v) is 3.88. The van der Waals surface area contributed by atoms with Crippen molar-refractivity contribution in [3.05, 3.63) is 59.2 Å². The molecule has 1 heterocycles. The van der Waals surface area contributed by atoms with E-state index in [1.165, 1.54) is 4.31 Å². The van der Waals surface area contributed by atoms with Gasteiger partial charge < -0.3 is 10.5 Å². The molecule has 0 spiro atoms. The van der Waals surface area contributed by atoms with Gasteiger partial charge in [-0.15, -0.1) is 0 Å². The number of hydrogen-bond acceptors (Lipinski definition) is 4. The lowest BCUT2D eigenvalue weighted by atomic mass is 9.89. The third-order valence-electron chi connectivity index (χ3n) is 4.11. The van der Waals surface area contributed by atoms with E-state index in [0.717, 1.165) is 22.4 Å². The molecule has 1 aliphatic rings. The summed E-state index contributed by atoms with van der Waals surface area (Å²) in [5, 5.41) is 5.43. The van der Waals surface area contributed by atoms with Crippen molar-refractivity contribution in [2.24, 2.45) is 5.14 Å². The number of rotatable bonds is 3. The summed E-state index contributed by atoms with van der Waals surface area (Å²) in [6, 6.07) is 12.4. The monoisotopic (exact) mass is 333 g/mol. The molecule has 0 radical (unpaired) electrons. The van der Waals surface area contributed by atoms with Gasteiger partial charge in [-0.3, -0.25) is 0 Å². The molecule has 1 unspecified atom stereocenters. The largest absolute Gasteiger partial charge is 0.497 e. The highest BCUT2D eigenvalue weighted by Gasteiger charge is 2.34. The van der Waals surface area contributed by atoms with Crippen LogP contribution in [0.4, 0.5) is 5.69 Å². The Morgan fingerprint density at radius 3 is 2.48 bits per heavy atom. The van der Waals surface area contributed by atoms with Gasteiger partial charge in [-0.2, -0.15) is 12.7 Å². The first-order valence-corrected chi connectivity index (χ1v) is 8.72. The Labute approximate surface area is 135 Å². The molecular formula is C16H19N3O3S. The van der Waals surface area contributed by atoms with Gasteiger partial charge in [-0.1, -0.05) is 18.2 Å². The van der Waals surface area contributed by atoms with Crippen LogP contribution in [0.1, 0.15) is 22.7 Å². The second-order valence-corrected chi connectivity index (χ2v) is 7.04. The Balaban J connectivity index is 2.15. The van der Waals surface area contributed by atoms with Gasteiger partial charge in [0.05, 0.1) is 13.2 Å². The van der Waals surface area contributed by atoms with E-state index in [2.05, 4.69) is 0 Å². The highest BCUT2D eigenvalue weighted by Crippen LogP contribution is 2.37. The number of nitrogens with zero attached hydrogens (tertiary/aromatic N) is 1. The molecule has 1 aliphatic heterocycles. The predicted molar refractivity (Wildman–Crippen MR) is 89.2 cm³/mol. The smallest absolute Gasteiger partial charge is 0.277 e. The minimum atomic E-state index is -3.82. The van der Waals surface area contributed by atoms with Crippen molar-refractivity contribution in [3.63, 3.8) is 0 Å². The van der Waals surface area contributed by atoms with Gasteiger partial charge in [-0.05, 0) is 47.4 Å². The van der Waals surface area contributed by atoms with E-state index in [-0.39, 0.29) is 0 Å². The zero-order chi connectivity index (χ0) is 16.6. The van der Waals surface area contributed by atoms with Gasteiger partial charge in [0.1, 0.15) is 5.75 Å². The summed E-state index contributed by atoms with van der Waals surface area (Å²) >= 11 is 0. The second-order valence-electron chi connectivity index (χ2n) is 5.54. The van der Waals surface area contributed by atoms with Crippen LogP contribution in [0.5, 0.6) is 5.75 Å². The quantitative estimate of drug-likeness (QED) is 0.830. The molecule has 0 saturated carbocycles. The third kappa shape index (κ3) is 3.03. The Kier molecular flexibility index (Phi) is 4.01. The molecule has 0 aromatic heterocycles. The molecule has 0 bridgehead atoms. The SMILES string of the molecule is COc1ccc2c(c1)CCN(S(N)(=O)=O)C2c1ccc(N)cc1. The standard InChI is InChI=1S/C16H19N3O3S/c1-22-14-6-7-15-12(10-14)8-9-19(23(18,20)21)16(15)11-2-4-13(17)5-3-11/h2-7,10,16H,8-9,17H2,1H3,(H2,18,20,21). The van der Waals surface area contributed by atoms with Crippen LogP contribution in [0.3, 0.4) is 0 Å². The van der Waals surface area contributed by atoms with E-state index >= 15 is 0 Å². The summed E-state index contributed by atoms with van der Waals surface area (Å²) in [5.41, 5.74) is 9.17. The predicted octanol–water partition coefficient (Wildman–Crippen LogP) is 1.43. The highest BCUT2D eigenvalue weighted by molar-refractivity contribution is 7.86. The van der Waals surface area contributed by atoms with E-state index in [1.54, 1.807) is 19.2 Å². The summed E-state index contributed by atoms with van der Waals surface area (Å²) in [6.07, 6.45) is 0.592. The number of hydrogen-bond donors (Lipinski definition) is 2. The van der Waals surface area contributed by atoms with Gasteiger partial charge in [0, 0.05) is 12.2 Å². The third-order valence-corrected chi connectivity index (χ3v) is 5.16. The minimum absolute atomic E-state index is 0.327. The number of fused-ring (bicyclic) bond motifs is 1. The van der Waals surface area contributed by atoms with Gasteiger partial charge in [0.15, 0.2) is 0 Å². The second kappa shape index (κ2) is 5.84. The summed E-state index contributed by atoms with van der Waals surface area (Å²) in [6.45, 7) is 0.327. The molecule has 7 heteroatoms. The molecule has 6 nitrogen and oxygen atoms in total. The molecule has 0 amide bonds. The zero-order valence-corrected chi connectivity index (χ0v) is 13.6. The number of ether oxygens (including phenoxy) is 1. The van der Waals surface area contributed by atoms with Crippen molar-refractivity contribution in [3.8, 4) is 5.75 Å². The Morgan fingerprint density at radius 2 is 1.87 bits per heavy atom. The van der Waals surface area contributed by atoms with E-state index in [1.807, 2.05) is 30.3 Å². The number of nitrogen functional groups attached to an aromatic ring is 1. The van der Waals surface area contributed by atoms with Gasteiger partial charge in [-0.25, -0.2) is 5.14 Å². The van der Waals surface area contributed by atoms with Crippen molar-refractivity contribution in [2.45, 2.75) is 12.5 Å². The van der Waals surface area contributed by atoms with Gasteiger partial charge in [0.25, 0.3) is 10.2 Å². The molecule has 23 heavy (non-hydrogen) atoms. The first-order valence-electron chi connectivity index (χ1n) is 7.22. The van der Waals surface area contributed by atoms with E-state index in [0.29, 0.717) is 18.7 Å². The molecule has 2 aromatic rings. The summed E-state index contributed by atoms with van der Waals surface area (Å²) < 4.78 is 30.6. The summed E-state index contributed by atoms with van der Waals surface area (Å²) in [4.78, 5) is 0. The number of benzene rings is 2. The van der Waals surface area contributed by atoms with Crippen LogP contribution >= 0.6 is 0 Å². The Bertz CT molecular complexity index is 819. The van der Waals surface area contributed by atoms with Crippen LogP contribution in [0.2, 0.25) is 0 Å². The van der Waals surface area contributed by atoms with Crippen molar-refractivity contribution in [2.75, 3.05) is 19.4 Å². The number of nitrogens with two attached hydrogens (primary N) is 2. The average molecular weight is 333 g/mol. The van der Waals surface area contributed by atoms with E-state index < -0.39 is 16.3 Å². The van der Waals surface area contributed by atoms with E-state index in [9.17, 15) is 8.42 Å². The number of anilines is 1. The highest BCUT2D eigenvalue weighted by atomic mass is 32.2. The lowest BCUT2D eigenvalue weighted by molar-refractivity contribution is 0.343. The van der Waals surface area contributed by atoms with Crippen LogP contribution in [0.25, 0.3) is 0 Å². The molecule has 122 valence electrons. The van der Waals surface area contributed by atoms with Crippen molar-refractivity contribution in [1.82, 2.24) is 4.31 Å².